The van der Waals surface area contributed by atoms with E-state index in [0.717, 1.165) is 17.0 Å². The van der Waals surface area contributed by atoms with Gasteiger partial charge in [0.1, 0.15) is 0 Å². The van der Waals surface area contributed by atoms with Gasteiger partial charge in [-0.1, -0.05) is 43.7 Å². The lowest BCUT2D eigenvalue weighted by atomic mass is 10.1. The molecule has 2 rings (SSSR count). The molecule has 116 valence electrons. The maximum atomic E-state index is 12.2. The van der Waals surface area contributed by atoms with Crippen molar-refractivity contribution in [1.29, 1.82) is 0 Å². The molecule has 0 saturated heterocycles. The van der Waals surface area contributed by atoms with Crippen LogP contribution in [0.15, 0.2) is 59.5 Å². The molecule has 0 radical (unpaired) electrons. The van der Waals surface area contributed by atoms with Gasteiger partial charge in [0.05, 0.1) is 5.25 Å². The van der Waals surface area contributed by atoms with Crippen molar-refractivity contribution in [3.05, 3.63) is 60.2 Å². The van der Waals surface area contributed by atoms with Crippen molar-refractivity contribution in [2.45, 2.75) is 43.3 Å². The molecule has 0 bridgehead atoms. The first kappa shape index (κ1) is 16.6. The van der Waals surface area contributed by atoms with Crippen molar-refractivity contribution < 1.29 is 4.79 Å². The molecule has 0 fully saturated rings. The number of amides is 1. The van der Waals surface area contributed by atoms with Crippen LogP contribution >= 0.6 is 11.8 Å². The first-order valence-electron chi connectivity index (χ1n) is 7.80. The molecule has 1 unspecified atom stereocenters. The summed E-state index contributed by atoms with van der Waals surface area (Å²) in [4.78, 5) is 13.4. The molecule has 0 saturated carbocycles. The SMILES string of the molecule is CCCCc1ccc(NC(=O)C(C)Sc2ccccc2)cc1. The summed E-state index contributed by atoms with van der Waals surface area (Å²) in [6.07, 6.45) is 3.51. The molecule has 0 heterocycles. The maximum Gasteiger partial charge on any atom is 0.237 e. The van der Waals surface area contributed by atoms with Crippen LogP contribution in [-0.4, -0.2) is 11.2 Å². The molecule has 1 atom stereocenters. The number of hydrogen-bond donors (Lipinski definition) is 1. The summed E-state index contributed by atoms with van der Waals surface area (Å²) in [5.74, 6) is 0.0372. The first-order valence-corrected chi connectivity index (χ1v) is 8.68. The molecule has 2 nitrogen and oxygen atoms in total. The van der Waals surface area contributed by atoms with Crippen LogP contribution < -0.4 is 5.32 Å². The van der Waals surface area contributed by atoms with Gasteiger partial charge >= 0.3 is 0 Å². The number of aryl methyl sites for hydroxylation is 1. The molecular weight excluding hydrogens is 290 g/mol. The highest BCUT2D eigenvalue weighted by Gasteiger charge is 2.14. The van der Waals surface area contributed by atoms with Gasteiger partial charge in [-0.15, -0.1) is 11.8 Å². The normalized spacial score (nSPS) is 11.9. The molecule has 0 aliphatic carbocycles. The van der Waals surface area contributed by atoms with Gasteiger partial charge in [-0.05, 0) is 49.6 Å². The predicted molar refractivity (Wildman–Crippen MR) is 95.4 cm³/mol. The summed E-state index contributed by atoms with van der Waals surface area (Å²) < 4.78 is 0. The zero-order valence-electron chi connectivity index (χ0n) is 13.2. The summed E-state index contributed by atoms with van der Waals surface area (Å²) in [6.45, 7) is 4.13. The molecule has 0 aliphatic heterocycles. The molecule has 22 heavy (non-hydrogen) atoms. The highest BCUT2D eigenvalue weighted by Crippen LogP contribution is 2.23. The molecule has 0 aromatic heterocycles. The summed E-state index contributed by atoms with van der Waals surface area (Å²) in [6, 6.07) is 18.2. The number of benzene rings is 2. The van der Waals surface area contributed by atoms with Crippen molar-refractivity contribution in [2.75, 3.05) is 5.32 Å². The Kier molecular flexibility index (Phi) is 6.53. The van der Waals surface area contributed by atoms with E-state index in [-0.39, 0.29) is 11.2 Å². The number of hydrogen-bond acceptors (Lipinski definition) is 2. The Morgan fingerprint density at radius 1 is 1.09 bits per heavy atom. The van der Waals surface area contributed by atoms with E-state index in [0.29, 0.717) is 0 Å². The average Bonchev–Trinajstić information content (AvgIpc) is 2.55. The van der Waals surface area contributed by atoms with Gasteiger partial charge in [0.2, 0.25) is 5.91 Å². The number of anilines is 1. The fourth-order valence-corrected chi connectivity index (χ4v) is 3.02. The number of unbranched alkanes of at least 4 members (excludes halogenated alkanes) is 1. The minimum atomic E-state index is -0.123. The molecule has 1 N–H and O–H groups in total. The monoisotopic (exact) mass is 313 g/mol. The van der Waals surface area contributed by atoms with E-state index in [1.165, 1.54) is 18.4 Å². The zero-order chi connectivity index (χ0) is 15.8. The summed E-state index contributed by atoms with van der Waals surface area (Å²) >= 11 is 1.57. The summed E-state index contributed by atoms with van der Waals surface area (Å²) in [7, 11) is 0. The van der Waals surface area contributed by atoms with Gasteiger partial charge < -0.3 is 5.32 Å². The van der Waals surface area contributed by atoms with E-state index in [4.69, 9.17) is 0 Å². The van der Waals surface area contributed by atoms with Gasteiger partial charge in [-0.25, -0.2) is 0 Å². The molecule has 0 aliphatic rings. The first-order chi connectivity index (χ1) is 10.7. The third-order valence-electron chi connectivity index (χ3n) is 3.47. The van der Waals surface area contributed by atoms with Crippen molar-refractivity contribution >= 4 is 23.4 Å². The number of nitrogens with one attached hydrogen (secondary N) is 1. The van der Waals surface area contributed by atoms with Crippen LogP contribution in [0.1, 0.15) is 32.3 Å². The van der Waals surface area contributed by atoms with Crippen LogP contribution in [0.3, 0.4) is 0 Å². The van der Waals surface area contributed by atoms with E-state index in [9.17, 15) is 4.79 Å². The van der Waals surface area contributed by atoms with E-state index in [1.54, 1.807) is 11.8 Å². The van der Waals surface area contributed by atoms with E-state index in [2.05, 4.69) is 24.4 Å². The van der Waals surface area contributed by atoms with Crippen LogP contribution in [0.4, 0.5) is 5.69 Å². The lowest BCUT2D eigenvalue weighted by Crippen LogP contribution is -2.22. The van der Waals surface area contributed by atoms with Crippen molar-refractivity contribution in [1.82, 2.24) is 0 Å². The zero-order valence-corrected chi connectivity index (χ0v) is 14.0. The lowest BCUT2D eigenvalue weighted by Gasteiger charge is -2.12. The van der Waals surface area contributed by atoms with Gasteiger partial charge in [-0.3, -0.25) is 4.79 Å². The van der Waals surface area contributed by atoms with Crippen LogP contribution in [0.2, 0.25) is 0 Å². The van der Waals surface area contributed by atoms with Crippen molar-refractivity contribution in [3.63, 3.8) is 0 Å². The van der Waals surface area contributed by atoms with Crippen LogP contribution in [0, 0.1) is 0 Å². The number of carbonyl (C=O) groups is 1. The Morgan fingerprint density at radius 3 is 2.41 bits per heavy atom. The standard InChI is InChI=1S/C19H23NOS/c1-3-4-8-16-11-13-17(14-12-16)20-19(21)15(2)22-18-9-6-5-7-10-18/h5-7,9-15H,3-4,8H2,1-2H3,(H,20,21). The highest BCUT2D eigenvalue weighted by atomic mass is 32.2. The second-order valence-corrected chi connectivity index (χ2v) is 6.78. The minimum absolute atomic E-state index is 0.0372. The Hall–Kier alpha value is -1.74. The van der Waals surface area contributed by atoms with Gasteiger partial charge in [-0.2, -0.15) is 0 Å². The third-order valence-corrected chi connectivity index (χ3v) is 4.58. The topological polar surface area (TPSA) is 29.1 Å². The number of carbonyl (C=O) groups excluding carboxylic acids is 1. The maximum absolute atomic E-state index is 12.2. The van der Waals surface area contributed by atoms with Gasteiger partial charge in [0, 0.05) is 10.6 Å². The Labute approximate surface area is 137 Å². The Morgan fingerprint density at radius 2 is 1.77 bits per heavy atom. The summed E-state index contributed by atoms with van der Waals surface area (Å²) in [5, 5.41) is 2.86. The van der Waals surface area contributed by atoms with Crippen LogP contribution in [0.5, 0.6) is 0 Å². The molecule has 0 spiro atoms. The van der Waals surface area contributed by atoms with Gasteiger partial charge in [0.25, 0.3) is 0 Å². The van der Waals surface area contributed by atoms with Crippen molar-refractivity contribution in [2.24, 2.45) is 0 Å². The molecule has 2 aromatic carbocycles. The summed E-state index contributed by atoms with van der Waals surface area (Å²) in [5.41, 5.74) is 2.19. The molecule has 3 heteroatoms. The van der Waals surface area contributed by atoms with Crippen molar-refractivity contribution in [3.8, 4) is 0 Å². The molecular formula is C19H23NOS. The fourth-order valence-electron chi connectivity index (χ4n) is 2.14. The predicted octanol–water partition coefficient (Wildman–Crippen LogP) is 5.15. The number of rotatable bonds is 7. The second-order valence-electron chi connectivity index (χ2n) is 5.36. The van der Waals surface area contributed by atoms with E-state index in [1.807, 2.05) is 49.4 Å². The smallest absolute Gasteiger partial charge is 0.237 e. The molecule has 1 amide bonds. The average molecular weight is 313 g/mol. The fraction of sp³-hybridized carbons (Fsp3) is 0.316. The Bertz CT molecular complexity index is 580. The van der Waals surface area contributed by atoms with E-state index >= 15 is 0 Å². The second kappa shape index (κ2) is 8.64. The van der Waals surface area contributed by atoms with Crippen LogP contribution in [-0.2, 0) is 11.2 Å². The minimum Gasteiger partial charge on any atom is -0.325 e. The van der Waals surface area contributed by atoms with Gasteiger partial charge in [0.15, 0.2) is 0 Å². The largest absolute Gasteiger partial charge is 0.325 e. The molecule has 2 aromatic rings. The lowest BCUT2D eigenvalue weighted by molar-refractivity contribution is -0.115. The number of thioether (sulfide) groups is 1. The Balaban J connectivity index is 1.88. The van der Waals surface area contributed by atoms with E-state index < -0.39 is 0 Å². The quantitative estimate of drug-likeness (QED) is 0.716. The third kappa shape index (κ3) is 5.23. The highest BCUT2D eigenvalue weighted by molar-refractivity contribution is 8.00. The van der Waals surface area contributed by atoms with Crippen LogP contribution in [0.25, 0.3) is 0 Å².